The van der Waals surface area contributed by atoms with Gasteiger partial charge in [0, 0.05) is 22.4 Å². The maximum Gasteiger partial charge on any atom is 0.177 e. The van der Waals surface area contributed by atoms with Crippen molar-refractivity contribution in [2.24, 2.45) is 0 Å². The van der Waals surface area contributed by atoms with E-state index in [2.05, 4.69) is 0 Å². The molecule has 2 aromatic carbocycles. The van der Waals surface area contributed by atoms with Gasteiger partial charge < -0.3 is 0 Å². The first kappa shape index (κ1) is 15.9. The minimum absolute atomic E-state index is 0.0222. The molecule has 20 heavy (non-hydrogen) atoms. The predicted molar refractivity (Wildman–Crippen MR) is 85.0 cm³/mol. The summed E-state index contributed by atoms with van der Waals surface area (Å²) in [6.45, 7) is 0. The second-order valence-corrected chi connectivity index (χ2v) is 7.72. The standard InChI is InChI=1S/C13H8Cl4O2S/c1-20(18,19)12-6-10(15)8(5-11(12)16)7-3-2-4-9(14)13(7)17/h2-6H,1H3. The fraction of sp³-hybridized carbons (Fsp3) is 0.0769. The maximum atomic E-state index is 11.6. The molecule has 0 amide bonds. The van der Waals surface area contributed by atoms with Gasteiger partial charge in [-0.05, 0) is 18.2 Å². The lowest BCUT2D eigenvalue weighted by Gasteiger charge is -2.11. The topological polar surface area (TPSA) is 34.1 Å². The lowest BCUT2D eigenvalue weighted by molar-refractivity contribution is 0.602. The van der Waals surface area contributed by atoms with E-state index in [0.29, 0.717) is 21.2 Å². The molecule has 0 aromatic heterocycles. The lowest BCUT2D eigenvalue weighted by atomic mass is 10.1. The van der Waals surface area contributed by atoms with Crippen molar-refractivity contribution in [1.82, 2.24) is 0 Å². The smallest absolute Gasteiger partial charge is 0.177 e. The summed E-state index contributed by atoms with van der Waals surface area (Å²) >= 11 is 24.2. The van der Waals surface area contributed by atoms with Crippen LogP contribution in [0, 0.1) is 0 Å². The maximum absolute atomic E-state index is 11.6. The number of halogens is 4. The SMILES string of the molecule is CS(=O)(=O)c1cc(Cl)c(-c2cccc(Cl)c2Cl)cc1Cl. The third kappa shape index (κ3) is 3.07. The predicted octanol–water partition coefficient (Wildman–Crippen LogP) is 5.37. The first-order valence-electron chi connectivity index (χ1n) is 5.35. The van der Waals surface area contributed by atoms with Crippen molar-refractivity contribution in [2.45, 2.75) is 4.90 Å². The zero-order chi connectivity index (χ0) is 15.1. The van der Waals surface area contributed by atoms with E-state index >= 15 is 0 Å². The average molecular weight is 370 g/mol. The summed E-state index contributed by atoms with van der Waals surface area (Å²) in [5.41, 5.74) is 1.11. The number of benzene rings is 2. The molecular weight excluding hydrogens is 362 g/mol. The highest BCUT2D eigenvalue weighted by Gasteiger charge is 2.18. The van der Waals surface area contributed by atoms with Crippen LogP contribution in [0.2, 0.25) is 20.1 Å². The van der Waals surface area contributed by atoms with E-state index in [1.165, 1.54) is 12.1 Å². The van der Waals surface area contributed by atoms with Gasteiger partial charge in [-0.25, -0.2) is 8.42 Å². The summed E-state index contributed by atoms with van der Waals surface area (Å²) in [6.07, 6.45) is 1.07. The Morgan fingerprint density at radius 2 is 1.50 bits per heavy atom. The molecule has 0 atom stereocenters. The van der Waals surface area contributed by atoms with Crippen LogP contribution in [0.4, 0.5) is 0 Å². The summed E-state index contributed by atoms with van der Waals surface area (Å²) in [5.74, 6) is 0. The minimum atomic E-state index is -3.45. The fourth-order valence-electron chi connectivity index (χ4n) is 1.73. The molecule has 0 spiro atoms. The molecule has 0 heterocycles. The first-order valence-corrected chi connectivity index (χ1v) is 8.75. The Kier molecular flexibility index (Phi) is 4.57. The summed E-state index contributed by atoms with van der Waals surface area (Å²) in [4.78, 5) is -0.0222. The normalized spacial score (nSPS) is 11.7. The Bertz CT molecular complexity index is 785. The van der Waals surface area contributed by atoms with Crippen LogP contribution in [-0.2, 0) is 9.84 Å². The largest absolute Gasteiger partial charge is 0.224 e. The van der Waals surface area contributed by atoms with Gasteiger partial charge in [-0.2, -0.15) is 0 Å². The molecule has 106 valence electrons. The summed E-state index contributed by atoms with van der Waals surface area (Å²) in [5, 5.41) is 1.03. The molecule has 0 unspecified atom stereocenters. The van der Waals surface area contributed by atoms with Gasteiger partial charge in [0.05, 0.1) is 20.0 Å². The summed E-state index contributed by atoms with van der Waals surface area (Å²) in [6, 6.07) is 7.88. The van der Waals surface area contributed by atoms with Crippen LogP contribution in [0.3, 0.4) is 0 Å². The van der Waals surface area contributed by atoms with E-state index in [1.807, 2.05) is 0 Å². The molecule has 2 rings (SSSR count). The average Bonchev–Trinajstić information content (AvgIpc) is 2.34. The van der Waals surface area contributed by atoms with Gasteiger partial charge in [0.2, 0.25) is 0 Å². The molecule has 2 nitrogen and oxygen atoms in total. The van der Waals surface area contributed by atoms with Gasteiger partial charge in [-0.15, -0.1) is 0 Å². The molecule has 0 N–H and O–H groups in total. The van der Waals surface area contributed by atoms with Gasteiger partial charge in [-0.1, -0.05) is 58.5 Å². The van der Waals surface area contributed by atoms with E-state index in [9.17, 15) is 8.42 Å². The Balaban J connectivity index is 2.72. The second-order valence-electron chi connectivity index (χ2n) is 4.14. The highest BCUT2D eigenvalue weighted by molar-refractivity contribution is 7.90. The molecule has 0 aliphatic rings. The van der Waals surface area contributed by atoms with Crippen molar-refractivity contribution in [2.75, 3.05) is 6.26 Å². The van der Waals surface area contributed by atoms with Gasteiger partial charge in [-0.3, -0.25) is 0 Å². The van der Waals surface area contributed by atoms with Gasteiger partial charge in [0.15, 0.2) is 9.84 Å². The zero-order valence-electron chi connectivity index (χ0n) is 10.1. The summed E-state index contributed by atoms with van der Waals surface area (Å²) in [7, 11) is -3.45. The van der Waals surface area contributed by atoms with E-state index in [4.69, 9.17) is 46.4 Å². The van der Waals surface area contributed by atoms with Crippen molar-refractivity contribution in [3.05, 3.63) is 50.4 Å². The van der Waals surface area contributed by atoms with Gasteiger partial charge >= 0.3 is 0 Å². The molecule has 0 saturated carbocycles. The van der Waals surface area contributed by atoms with Crippen LogP contribution in [0.25, 0.3) is 11.1 Å². The lowest BCUT2D eigenvalue weighted by Crippen LogP contribution is -1.98. The number of sulfone groups is 1. The molecule has 7 heteroatoms. The molecule has 0 radical (unpaired) electrons. The molecule has 0 aliphatic heterocycles. The van der Waals surface area contributed by atoms with E-state index in [1.54, 1.807) is 18.2 Å². The van der Waals surface area contributed by atoms with Crippen molar-refractivity contribution in [3.8, 4) is 11.1 Å². The Morgan fingerprint density at radius 3 is 2.10 bits per heavy atom. The molecular formula is C13H8Cl4O2S. The van der Waals surface area contributed by atoms with Gasteiger partial charge in [0.25, 0.3) is 0 Å². The molecule has 2 aromatic rings. The zero-order valence-corrected chi connectivity index (χ0v) is 14.0. The second kappa shape index (κ2) is 5.74. The highest BCUT2D eigenvalue weighted by atomic mass is 35.5. The number of rotatable bonds is 2. The van der Waals surface area contributed by atoms with E-state index in [0.717, 1.165) is 6.26 Å². The van der Waals surface area contributed by atoms with Crippen LogP contribution in [-0.4, -0.2) is 14.7 Å². The Hall–Kier alpha value is -0.450. The molecule has 0 aliphatic carbocycles. The van der Waals surface area contributed by atoms with Gasteiger partial charge in [0.1, 0.15) is 0 Å². The van der Waals surface area contributed by atoms with Crippen LogP contribution in [0.1, 0.15) is 0 Å². The molecule has 0 bridgehead atoms. The third-order valence-electron chi connectivity index (χ3n) is 2.66. The van der Waals surface area contributed by atoms with Crippen molar-refractivity contribution in [3.63, 3.8) is 0 Å². The summed E-state index contributed by atoms with van der Waals surface area (Å²) < 4.78 is 23.2. The van der Waals surface area contributed by atoms with Crippen LogP contribution in [0.5, 0.6) is 0 Å². The first-order chi connectivity index (χ1) is 9.21. The highest BCUT2D eigenvalue weighted by Crippen LogP contribution is 2.40. The monoisotopic (exact) mass is 368 g/mol. The van der Waals surface area contributed by atoms with Crippen LogP contribution >= 0.6 is 46.4 Å². The van der Waals surface area contributed by atoms with Crippen molar-refractivity contribution in [1.29, 1.82) is 0 Å². The van der Waals surface area contributed by atoms with E-state index in [-0.39, 0.29) is 14.9 Å². The number of hydrogen-bond donors (Lipinski definition) is 0. The molecule has 0 saturated heterocycles. The van der Waals surface area contributed by atoms with Crippen LogP contribution in [0.15, 0.2) is 35.2 Å². The minimum Gasteiger partial charge on any atom is -0.224 e. The van der Waals surface area contributed by atoms with E-state index < -0.39 is 9.84 Å². The Labute approximate surface area is 137 Å². The van der Waals surface area contributed by atoms with Crippen molar-refractivity contribution < 1.29 is 8.42 Å². The van der Waals surface area contributed by atoms with Crippen molar-refractivity contribution >= 4 is 56.2 Å². The number of hydrogen-bond acceptors (Lipinski definition) is 2. The van der Waals surface area contributed by atoms with Crippen LogP contribution < -0.4 is 0 Å². The molecule has 0 fully saturated rings. The quantitative estimate of drug-likeness (QED) is 0.712. The fourth-order valence-corrected chi connectivity index (χ4v) is 3.79. The Morgan fingerprint density at radius 1 is 0.850 bits per heavy atom. The third-order valence-corrected chi connectivity index (χ3v) is 5.36.